The van der Waals surface area contributed by atoms with Crippen molar-refractivity contribution in [3.05, 3.63) is 64.2 Å². The third kappa shape index (κ3) is 5.43. The van der Waals surface area contributed by atoms with E-state index in [-0.39, 0.29) is 0 Å². The molecule has 0 spiro atoms. The van der Waals surface area contributed by atoms with E-state index in [2.05, 4.69) is 29.7 Å². The Morgan fingerprint density at radius 1 is 1.08 bits per heavy atom. The van der Waals surface area contributed by atoms with E-state index in [9.17, 15) is 9.59 Å². The van der Waals surface area contributed by atoms with Gasteiger partial charge in [-0.25, -0.2) is 5.43 Å². The standard InChI is InChI=1S/C19H20ClN3O2/c1-12(2)15-6-4-14(5-7-15)11-21-23-19(25)18(24)22-17-9-8-16(20)10-13(17)3/h4-12H,1-3H3,(H,22,24)(H,23,25)/b21-11-. The topological polar surface area (TPSA) is 70.6 Å². The summed E-state index contributed by atoms with van der Waals surface area (Å²) in [6.45, 7) is 6.02. The number of carbonyl (C=O) groups excluding carboxylic acids is 2. The smallest absolute Gasteiger partial charge is 0.317 e. The van der Waals surface area contributed by atoms with E-state index in [0.29, 0.717) is 16.6 Å². The van der Waals surface area contributed by atoms with Crippen LogP contribution in [0.1, 0.15) is 36.5 Å². The molecule has 2 aromatic rings. The molecule has 5 nitrogen and oxygen atoms in total. The summed E-state index contributed by atoms with van der Waals surface area (Å²) < 4.78 is 0. The Morgan fingerprint density at radius 2 is 1.76 bits per heavy atom. The van der Waals surface area contributed by atoms with Gasteiger partial charge in [0, 0.05) is 10.7 Å². The molecule has 130 valence electrons. The van der Waals surface area contributed by atoms with Crippen molar-refractivity contribution in [2.45, 2.75) is 26.7 Å². The van der Waals surface area contributed by atoms with Gasteiger partial charge in [0.05, 0.1) is 6.21 Å². The minimum atomic E-state index is -0.843. The summed E-state index contributed by atoms with van der Waals surface area (Å²) in [5.74, 6) is -1.19. The average molecular weight is 358 g/mol. The molecule has 0 bridgehead atoms. The fourth-order valence-electron chi connectivity index (χ4n) is 2.13. The number of amides is 2. The Balaban J connectivity index is 1.91. The molecule has 2 amide bonds. The summed E-state index contributed by atoms with van der Waals surface area (Å²) in [6.07, 6.45) is 1.49. The molecule has 0 aromatic heterocycles. The van der Waals surface area contributed by atoms with Crippen molar-refractivity contribution in [3.8, 4) is 0 Å². The minimum absolute atomic E-state index is 0.450. The first-order valence-corrected chi connectivity index (χ1v) is 8.25. The van der Waals surface area contributed by atoms with Crippen LogP contribution in [0, 0.1) is 6.92 Å². The molecule has 0 saturated heterocycles. The number of nitrogens with zero attached hydrogens (tertiary/aromatic N) is 1. The summed E-state index contributed by atoms with van der Waals surface area (Å²) in [7, 11) is 0. The van der Waals surface area contributed by atoms with Gasteiger partial charge in [-0.1, -0.05) is 49.7 Å². The van der Waals surface area contributed by atoms with Crippen molar-refractivity contribution in [3.63, 3.8) is 0 Å². The molecule has 0 unspecified atom stereocenters. The number of halogens is 1. The second-order valence-electron chi connectivity index (χ2n) is 5.93. The molecule has 0 atom stereocenters. The highest BCUT2D eigenvalue weighted by molar-refractivity contribution is 6.39. The highest BCUT2D eigenvalue weighted by Gasteiger charge is 2.13. The molecule has 6 heteroatoms. The van der Waals surface area contributed by atoms with Gasteiger partial charge in [0.2, 0.25) is 0 Å². The van der Waals surface area contributed by atoms with Crippen LogP contribution in [-0.2, 0) is 9.59 Å². The summed E-state index contributed by atoms with van der Waals surface area (Å²) in [5.41, 5.74) is 5.56. The Hall–Kier alpha value is -2.66. The monoisotopic (exact) mass is 357 g/mol. The maximum Gasteiger partial charge on any atom is 0.329 e. The Labute approximate surface area is 152 Å². The quantitative estimate of drug-likeness (QED) is 0.495. The van der Waals surface area contributed by atoms with E-state index in [4.69, 9.17) is 11.6 Å². The van der Waals surface area contributed by atoms with Crippen molar-refractivity contribution in [2.24, 2.45) is 5.10 Å². The maximum absolute atomic E-state index is 11.9. The number of benzene rings is 2. The molecule has 0 radical (unpaired) electrons. The molecule has 0 aliphatic rings. The molecule has 0 saturated carbocycles. The molecule has 0 fully saturated rings. The van der Waals surface area contributed by atoms with Crippen LogP contribution in [0.2, 0.25) is 5.02 Å². The van der Waals surface area contributed by atoms with Crippen molar-refractivity contribution < 1.29 is 9.59 Å². The first kappa shape index (κ1) is 18.7. The lowest BCUT2D eigenvalue weighted by Gasteiger charge is -2.07. The lowest BCUT2D eigenvalue weighted by molar-refractivity contribution is -0.136. The number of aryl methyl sites for hydroxylation is 1. The van der Waals surface area contributed by atoms with Crippen LogP contribution in [0.25, 0.3) is 0 Å². The second-order valence-corrected chi connectivity index (χ2v) is 6.37. The molecular weight excluding hydrogens is 338 g/mol. The summed E-state index contributed by atoms with van der Waals surface area (Å²) in [5, 5.41) is 6.89. The van der Waals surface area contributed by atoms with Crippen molar-refractivity contribution in [2.75, 3.05) is 5.32 Å². The number of carbonyl (C=O) groups is 2. The zero-order chi connectivity index (χ0) is 18.4. The molecule has 0 heterocycles. The zero-order valence-electron chi connectivity index (χ0n) is 14.3. The van der Waals surface area contributed by atoms with E-state index in [1.807, 2.05) is 24.3 Å². The highest BCUT2D eigenvalue weighted by atomic mass is 35.5. The molecule has 2 rings (SSSR count). The fraction of sp³-hybridized carbons (Fsp3) is 0.211. The third-order valence-electron chi connectivity index (χ3n) is 3.63. The number of hydrogen-bond donors (Lipinski definition) is 2. The van der Waals surface area contributed by atoms with Crippen LogP contribution in [-0.4, -0.2) is 18.0 Å². The molecule has 2 aromatic carbocycles. The second kappa shape index (κ2) is 8.44. The summed E-state index contributed by atoms with van der Waals surface area (Å²) >= 11 is 5.86. The first-order valence-electron chi connectivity index (χ1n) is 7.87. The lowest BCUT2D eigenvalue weighted by Crippen LogP contribution is -2.32. The van der Waals surface area contributed by atoms with E-state index >= 15 is 0 Å². The number of hydrogen-bond acceptors (Lipinski definition) is 3. The first-order chi connectivity index (χ1) is 11.9. The van der Waals surface area contributed by atoms with Crippen LogP contribution in [0.5, 0.6) is 0 Å². The van der Waals surface area contributed by atoms with Crippen LogP contribution >= 0.6 is 11.6 Å². The predicted octanol–water partition coefficient (Wildman–Crippen LogP) is 3.86. The van der Waals surface area contributed by atoms with Crippen LogP contribution < -0.4 is 10.7 Å². The molecule has 25 heavy (non-hydrogen) atoms. The third-order valence-corrected chi connectivity index (χ3v) is 3.86. The number of hydrazone groups is 1. The van der Waals surface area contributed by atoms with Crippen molar-refractivity contribution in [1.82, 2.24) is 5.43 Å². The SMILES string of the molecule is Cc1cc(Cl)ccc1NC(=O)C(=O)N/N=C\c1ccc(C(C)C)cc1. The van der Waals surface area contributed by atoms with Gasteiger partial charge in [-0.3, -0.25) is 9.59 Å². The number of anilines is 1. The molecule has 0 aliphatic heterocycles. The van der Waals surface area contributed by atoms with Gasteiger partial charge in [0.1, 0.15) is 0 Å². The maximum atomic E-state index is 11.9. The van der Waals surface area contributed by atoms with Gasteiger partial charge in [-0.2, -0.15) is 5.10 Å². The minimum Gasteiger partial charge on any atom is -0.317 e. The summed E-state index contributed by atoms with van der Waals surface area (Å²) in [4.78, 5) is 23.7. The average Bonchev–Trinajstić information content (AvgIpc) is 2.57. The number of rotatable bonds is 4. The van der Waals surface area contributed by atoms with Crippen molar-refractivity contribution in [1.29, 1.82) is 0 Å². The Morgan fingerprint density at radius 3 is 2.36 bits per heavy atom. The largest absolute Gasteiger partial charge is 0.329 e. The summed E-state index contributed by atoms with van der Waals surface area (Å²) in [6, 6.07) is 12.8. The Bertz CT molecular complexity index is 799. The van der Waals surface area contributed by atoms with E-state index in [1.54, 1.807) is 25.1 Å². The lowest BCUT2D eigenvalue weighted by atomic mass is 10.0. The van der Waals surface area contributed by atoms with Gasteiger partial charge in [-0.05, 0) is 47.7 Å². The Kier molecular flexibility index (Phi) is 6.31. The van der Waals surface area contributed by atoms with E-state index < -0.39 is 11.8 Å². The van der Waals surface area contributed by atoms with Gasteiger partial charge in [-0.15, -0.1) is 0 Å². The number of nitrogens with one attached hydrogen (secondary N) is 2. The van der Waals surface area contributed by atoms with E-state index in [0.717, 1.165) is 11.1 Å². The highest BCUT2D eigenvalue weighted by Crippen LogP contribution is 2.19. The van der Waals surface area contributed by atoms with Gasteiger partial charge >= 0.3 is 11.8 Å². The molecule has 2 N–H and O–H groups in total. The van der Waals surface area contributed by atoms with Gasteiger partial charge in [0.15, 0.2) is 0 Å². The zero-order valence-corrected chi connectivity index (χ0v) is 15.1. The normalized spacial score (nSPS) is 10.9. The van der Waals surface area contributed by atoms with Gasteiger partial charge in [0.25, 0.3) is 0 Å². The molecular formula is C19H20ClN3O2. The fourth-order valence-corrected chi connectivity index (χ4v) is 2.36. The van der Waals surface area contributed by atoms with Crippen molar-refractivity contribution >= 4 is 35.3 Å². The van der Waals surface area contributed by atoms with E-state index in [1.165, 1.54) is 11.8 Å². The van der Waals surface area contributed by atoms with Gasteiger partial charge < -0.3 is 5.32 Å². The molecule has 0 aliphatic carbocycles. The predicted molar refractivity (Wildman–Crippen MR) is 101 cm³/mol. The van der Waals surface area contributed by atoms with Crippen LogP contribution in [0.15, 0.2) is 47.6 Å². The van der Waals surface area contributed by atoms with Crippen LogP contribution in [0.4, 0.5) is 5.69 Å². The van der Waals surface area contributed by atoms with Crippen LogP contribution in [0.3, 0.4) is 0 Å².